The molecule has 0 aliphatic heterocycles. The van der Waals surface area contributed by atoms with Gasteiger partial charge in [0.1, 0.15) is 5.69 Å². The molecule has 1 rings (SSSR count). The van der Waals surface area contributed by atoms with E-state index in [9.17, 15) is 13.6 Å². The van der Waals surface area contributed by atoms with Crippen LogP contribution in [0.25, 0.3) is 0 Å². The van der Waals surface area contributed by atoms with Crippen LogP contribution in [0.4, 0.5) is 8.78 Å². The highest BCUT2D eigenvalue weighted by Crippen LogP contribution is 2.17. The standard InChI is InChI=1S/C8H7F2NO/c1-5(12)7-3-2-6(4-11-7)8(9)10/h2-4,8H,1H3. The van der Waals surface area contributed by atoms with E-state index in [1.807, 2.05) is 0 Å². The van der Waals surface area contributed by atoms with Crippen LogP contribution in [-0.4, -0.2) is 10.8 Å². The van der Waals surface area contributed by atoms with Crippen LogP contribution in [0.1, 0.15) is 29.4 Å². The highest BCUT2D eigenvalue weighted by molar-refractivity contribution is 5.91. The largest absolute Gasteiger partial charge is 0.293 e. The van der Waals surface area contributed by atoms with Crippen LogP contribution >= 0.6 is 0 Å². The van der Waals surface area contributed by atoms with Crippen LogP contribution in [0.3, 0.4) is 0 Å². The van der Waals surface area contributed by atoms with Crippen LogP contribution in [0.5, 0.6) is 0 Å². The van der Waals surface area contributed by atoms with Gasteiger partial charge in [-0.15, -0.1) is 0 Å². The third-order valence-electron chi connectivity index (χ3n) is 1.40. The molecule has 4 heteroatoms. The van der Waals surface area contributed by atoms with Crippen LogP contribution < -0.4 is 0 Å². The monoisotopic (exact) mass is 171 g/mol. The number of hydrogen-bond donors (Lipinski definition) is 0. The lowest BCUT2D eigenvalue weighted by molar-refractivity contribution is 0.101. The van der Waals surface area contributed by atoms with Crippen LogP contribution in [0.2, 0.25) is 0 Å². The third kappa shape index (κ3) is 1.84. The molecule has 1 heterocycles. The number of ketones is 1. The molecule has 12 heavy (non-hydrogen) atoms. The second-order valence-corrected chi connectivity index (χ2v) is 2.33. The van der Waals surface area contributed by atoms with E-state index >= 15 is 0 Å². The Bertz CT molecular complexity index is 282. The Kier molecular flexibility index (Phi) is 2.47. The van der Waals surface area contributed by atoms with Crippen molar-refractivity contribution in [3.05, 3.63) is 29.6 Å². The first-order chi connectivity index (χ1) is 5.61. The summed E-state index contributed by atoms with van der Waals surface area (Å²) in [6, 6.07) is 2.50. The van der Waals surface area contributed by atoms with Gasteiger partial charge in [0, 0.05) is 18.7 Å². The Balaban J connectivity index is 2.93. The van der Waals surface area contributed by atoms with Gasteiger partial charge in [0.15, 0.2) is 5.78 Å². The normalized spacial score (nSPS) is 10.3. The summed E-state index contributed by atoms with van der Waals surface area (Å²) < 4.78 is 23.9. The van der Waals surface area contributed by atoms with Crippen molar-refractivity contribution < 1.29 is 13.6 Å². The van der Waals surface area contributed by atoms with Gasteiger partial charge in [0.05, 0.1) is 0 Å². The maximum atomic E-state index is 12.0. The van der Waals surface area contributed by atoms with E-state index in [4.69, 9.17) is 0 Å². The smallest absolute Gasteiger partial charge is 0.265 e. The van der Waals surface area contributed by atoms with E-state index < -0.39 is 6.43 Å². The average molecular weight is 171 g/mol. The molecular formula is C8H7F2NO. The number of carbonyl (C=O) groups is 1. The molecule has 1 aromatic heterocycles. The van der Waals surface area contributed by atoms with E-state index in [1.165, 1.54) is 19.1 Å². The molecule has 0 bridgehead atoms. The molecule has 0 radical (unpaired) electrons. The maximum absolute atomic E-state index is 12.0. The molecule has 0 aliphatic carbocycles. The van der Waals surface area contributed by atoms with Crippen LogP contribution in [0.15, 0.2) is 18.3 Å². The van der Waals surface area contributed by atoms with E-state index in [0.29, 0.717) is 0 Å². The summed E-state index contributed by atoms with van der Waals surface area (Å²) in [4.78, 5) is 14.2. The molecule has 0 unspecified atom stereocenters. The van der Waals surface area contributed by atoms with Crippen molar-refractivity contribution in [2.45, 2.75) is 13.3 Å². The molecule has 0 amide bonds. The topological polar surface area (TPSA) is 30.0 Å². The summed E-state index contributed by atoms with van der Waals surface area (Å²) in [5.74, 6) is -0.226. The van der Waals surface area contributed by atoms with Crippen molar-refractivity contribution in [1.29, 1.82) is 0 Å². The fourth-order valence-corrected chi connectivity index (χ4v) is 0.743. The third-order valence-corrected chi connectivity index (χ3v) is 1.40. The Morgan fingerprint density at radius 2 is 2.17 bits per heavy atom. The molecule has 0 atom stereocenters. The first kappa shape index (κ1) is 8.77. The van der Waals surface area contributed by atoms with Crippen molar-refractivity contribution >= 4 is 5.78 Å². The van der Waals surface area contributed by atoms with E-state index in [1.54, 1.807) is 0 Å². The summed E-state index contributed by atoms with van der Waals surface area (Å²) in [6.07, 6.45) is -1.51. The summed E-state index contributed by atoms with van der Waals surface area (Å²) in [7, 11) is 0. The number of carbonyl (C=O) groups excluding carboxylic acids is 1. The van der Waals surface area contributed by atoms with Crippen molar-refractivity contribution in [1.82, 2.24) is 4.98 Å². The molecule has 0 aliphatic rings. The molecule has 0 saturated carbocycles. The Labute approximate surface area is 68.2 Å². The number of Topliss-reactive ketones (excluding diaryl/α,β-unsaturated/α-hetero) is 1. The Morgan fingerprint density at radius 1 is 1.50 bits per heavy atom. The van der Waals surface area contributed by atoms with Crippen molar-refractivity contribution in [3.8, 4) is 0 Å². The quantitative estimate of drug-likeness (QED) is 0.638. The van der Waals surface area contributed by atoms with E-state index in [2.05, 4.69) is 4.98 Å². The van der Waals surface area contributed by atoms with Gasteiger partial charge >= 0.3 is 0 Å². The number of hydrogen-bond acceptors (Lipinski definition) is 2. The Hall–Kier alpha value is -1.32. The van der Waals surface area contributed by atoms with Gasteiger partial charge in [-0.2, -0.15) is 0 Å². The number of nitrogens with zero attached hydrogens (tertiary/aromatic N) is 1. The molecule has 0 saturated heterocycles. The number of aromatic nitrogens is 1. The SMILES string of the molecule is CC(=O)c1ccc(C(F)F)cn1. The molecule has 0 aromatic carbocycles. The van der Waals surface area contributed by atoms with Gasteiger partial charge in [0.2, 0.25) is 0 Å². The summed E-state index contributed by atoms with van der Waals surface area (Å²) in [5, 5.41) is 0. The minimum Gasteiger partial charge on any atom is -0.293 e. The van der Waals surface area contributed by atoms with Crippen LogP contribution in [-0.2, 0) is 0 Å². The predicted molar refractivity (Wildman–Crippen MR) is 39.2 cm³/mol. The zero-order chi connectivity index (χ0) is 9.14. The van der Waals surface area contributed by atoms with Gasteiger partial charge in [-0.25, -0.2) is 8.78 Å². The van der Waals surface area contributed by atoms with Gasteiger partial charge < -0.3 is 0 Å². The zero-order valence-electron chi connectivity index (χ0n) is 6.42. The van der Waals surface area contributed by atoms with Gasteiger partial charge in [-0.1, -0.05) is 0 Å². The first-order valence-electron chi connectivity index (χ1n) is 3.36. The first-order valence-corrected chi connectivity index (χ1v) is 3.36. The minimum absolute atomic E-state index is 0.167. The molecule has 0 spiro atoms. The molecule has 1 aromatic rings. The molecule has 64 valence electrons. The zero-order valence-corrected chi connectivity index (χ0v) is 6.42. The van der Waals surface area contributed by atoms with Crippen molar-refractivity contribution in [3.63, 3.8) is 0 Å². The lowest BCUT2D eigenvalue weighted by Crippen LogP contribution is -1.97. The van der Waals surface area contributed by atoms with E-state index in [-0.39, 0.29) is 17.0 Å². The van der Waals surface area contributed by atoms with Gasteiger partial charge in [0.25, 0.3) is 6.43 Å². The molecular weight excluding hydrogens is 164 g/mol. The lowest BCUT2D eigenvalue weighted by Gasteiger charge is -1.98. The second-order valence-electron chi connectivity index (χ2n) is 2.33. The minimum atomic E-state index is -2.53. The Morgan fingerprint density at radius 3 is 2.50 bits per heavy atom. The fourth-order valence-electron chi connectivity index (χ4n) is 0.743. The number of halogens is 2. The number of alkyl halides is 2. The second kappa shape index (κ2) is 3.38. The highest BCUT2D eigenvalue weighted by Gasteiger charge is 2.07. The number of rotatable bonds is 2. The summed E-state index contributed by atoms with van der Waals surface area (Å²) >= 11 is 0. The summed E-state index contributed by atoms with van der Waals surface area (Å²) in [6.45, 7) is 1.34. The van der Waals surface area contributed by atoms with E-state index in [0.717, 1.165) is 6.20 Å². The van der Waals surface area contributed by atoms with Gasteiger partial charge in [-0.05, 0) is 12.1 Å². The highest BCUT2D eigenvalue weighted by atomic mass is 19.3. The number of pyridine rings is 1. The van der Waals surface area contributed by atoms with Crippen molar-refractivity contribution in [2.24, 2.45) is 0 Å². The average Bonchev–Trinajstić information content (AvgIpc) is 2.04. The van der Waals surface area contributed by atoms with Gasteiger partial charge in [-0.3, -0.25) is 9.78 Å². The molecule has 0 N–H and O–H groups in total. The van der Waals surface area contributed by atoms with Crippen molar-refractivity contribution in [2.75, 3.05) is 0 Å². The summed E-state index contributed by atoms with van der Waals surface area (Å²) in [5.41, 5.74) is 0.0411. The fraction of sp³-hybridized carbons (Fsp3) is 0.250. The lowest BCUT2D eigenvalue weighted by atomic mass is 10.2. The maximum Gasteiger partial charge on any atom is 0.265 e. The van der Waals surface area contributed by atoms with Crippen LogP contribution in [0, 0.1) is 0 Å². The molecule has 0 fully saturated rings. The molecule has 2 nitrogen and oxygen atoms in total. The predicted octanol–water partition coefficient (Wildman–Crippen LogP) is 2.22.